The summed E-state index contributed by atoms with van der Waals surface area (Å²) in [6, 6.07) is 0. The minimum atomic E-state index is -0.126. The Labute approximate surface area is 146 Å². The third-order valence-electron chi connectivity index (χ3n) is 8.49. The Morgan fingerprint density at radius 1 is 1.25 bits per heavy atom. The summed E-state index contributed by atoms with van der Waals surface area (Å²) in [5, 5.41) is 10.6. The molecule has 0 amide bonds. The van der Waals surface area contributed by atoms with Crippen LogP contribution in [0.25, 0.3) is 0 Å². The monoisotopic (exact) mass is 328 g/mol. The Morgan fingerprint density at radius 3 is 2.79 bits per heavy atom. The molecule has 0 heterocycles. The number of ketones is 1. The third-order valence-corrected chi connectivity index (χ3v) is 8.49. The number of rotatable bonds is 2. The van der Waals surface area contributed by atoms with Crippen molar-refractivity contribution in [3.05, 3.63) is 24.3 Å². The quantitative estimate of drug-likeness (QED) is 0.747. The van der Waals surface area contributed by atoms with Crippen LogP contribution in [0.2, 0.25) is 0 Å². The zero-order valence-corrected chi connectivity index (χ0v) is 15.3. The predicted octanol–water partition coefficient (Wildman–Crippen LogP) is 4.68. The Hall–Kier alpha value is -0.890. The Bertz CT molecular complexity index is 591. The van der Waals surface area contributed by atoms with Crippen LogP contribution in [0.4, 0.5) is 0 Å². The van der Waals surface area contributed by atoms with Gasteiger partial charge in [0, 0.05) is 12.8 Å². The van der Waals surface area contributed by atoms with Crippen molar-refractivity contribution in [3.8, 4) is 0 Å². The largest absolute Gasteiger partial charge is 0.393 e. The molecule has 4 rings (SSSR count). The first kappa shape index (κ1) is 16.6. The van der Waals surface area contributed by atoms with Crippen LogP contribution in [-0.4, -0.2) is 17.0 Å². The summed E-state index contributed by atoms with van der Waals surface area (Å²) in [6.07, 6.45) is 12.4. The first-order valence-electron chi connectivity index (χ1n) is 9.92. The van der Waals surface area contributed by atoms with Crippen molar-refractivity contribution in [1.29, 1.82) is 0 Å². The highest BCUT2D eigenvalue weighted by atomic mass is 16.3. The number of aliphatic hydroxyl groups excluding tert-OH is 1. The maximum atomic E-state index is 12.1. The second-order valence-corrected chi connectivity index (χ2v) is 9.44. The molecule has 7 atom stereocenters. The Kier molecular flexibility index (Phi) is 3.84. The van der Waals surface area contributed by atoms with E-state index < -0.39 is 0 Å². The summed E-state index contributed by atoms with van der Waals surface area (Å²) in [4.78, 5) is 12.1. The predicted molar refractivity (Wildman–Crippen MR) is 96.4 cm³/mol. The molecule has 0 aliphatic heterocycles. The van der Waals surface area contributed by atoms with E-state index in [1.165, 1.54) is 18.4 Å². The van der Waals surface area contributed by atoms with Gasteiger partial charge in [0.15, 0.2) is 0 Å². The van der Waals surface area contributed by atoms with Crippen molar-refractivity contribution >= 4 is 5.78 Å². The molecule has 2 nitrogen and oxygen atoms in total. The van der Waals surface area contributed by atoms with E-state index in [1.807, 2.05) is 0 Å². The van der Waals surface area contributed by atoms with Gasteiger partial charge >= 0.3 is 0 Å². The maximum absolute atomic E-state index is 12.1. The first-order chi connectivity index (χ1) is 11.4. The Morgan fingerprint density at radius 2 is 2.04 bits per heavy atom. The molecule has 132 valence electrons. The van der Waals surface area contributed by atoms with Gasteiger partial charge in [0.2, 0.25) is 0 Å². The van der Waals surface area contributed by atoms with Gasteiger partial charge in [-0.3, -0.25) is 4.79 Å². The van der Waals surface area contributed by atoms with Crippen molar-refractivity contribution in [1.82, 2.24) is 0 Å². The lowest BCUT2D eigenvalue weighted by Crippen LogP contribution is -2.53. The number of fused-ring (bicyclic) bond motifs is 5. The number of hydrogen-bond acceptors (Lipinski definition) is 2. The topological polar surface area (TPSA) is 37.3 Å². The van der Waals surface area contributed by atoms with Crippen molar-refractivity contribution in [3.63, 3.8) is 0 Å². The van der Waals surface area contributed by atoms with Gasteiger partial charge in [0.25, 0.3) is 0 Å². The normalized spacial score (nSPS) is 50.5. The molecule has 0 aromatic heterocycles. The van der Waals surface area contributed by atoms with Gasteiger partial charge in [-0.15, -0.1) is 6.58 Å². The molecule has 3 saturated carbocycles. The van der Waals surface area contributed by atoms with Crippen LogP contribution < -0.4 is 0 Å². The highest BCUT2D eigenvalue weighted by molar-refractivity contribution is 5.82. The summed E-state index contributed by atoms with van der Waals surface area (Å²) in [5.41, 5.74) is 1.74. The van der Waals surface area contributed by atoms with Crippen molar-refractivity contribution in [2.24, 2.45) is 34.5 Å². The lowest BCUT2D eigenvalue weighted by molar-refractivity contribution is -0.123. The fourth-order valence-corrected chi connectivity index (χ4v) is 7.03. The molecule has 4 aliphatic rings. The fourth-order valence-electron chi connectivity index (χ4n) is 7.03. The average Bonchev–Trinajstić information content (AvgIpc) is 2.85. The van der Waals surface area contributed by atoms with Crippen LogP contribution in [0, 0.1) is 34.5 Å². The number of aliphatic hydroxyl groups is 1. The van der Waals surface area contributed by atoms with Gasteiger partial charge in [0.05, 0.1) is 6.10 Å². The molecule has 3 fully saturated rings. The van der Waals surface area contributed by atoms with Crippen LogP contribution in [0.5, 0.6) is 0 Å². The average molecular weight is 328 g/mol. The molecule has 4 aliphatic carbocycles. The summed E-state index contributed by atoms with van der Waals surface area (Å²) in [7, 11) is 0. The zero-order chi connectivity index (χ0) is 17.1. The smallest absolute Gasteiger partial charge is 0.136 e. The molecular weight excluding hydrogens is 296 g/mol. The van der Waals surface area contributed by atoms with Gasteiger partial charge in [-0.1, -0.05) is 31.6 Å². The van der Waals surface area contributed by atoms with Gasteiger partial charge < -0.3 is 5.11 Å². The van der Waals surface area contributed by atoms with E-state index in [1.54, 1.807) is 0 Å². The van der Waals surface area contributed by atoms with E-state index in [0.29, 0.717) is 35.9 Å². The molecule has 24 heavy (non-hydrogen) atoms. The SMILES string of the molecule is C=CC[C@@H]1C=C2CC(=O)CCC2(C)C2CCC3(C)C(O)CCC3C21. The van der Waals surface area contributed by atoms with E-state index in [2.05, 4.69) is 32.6 Å². The minimum absolute atomic E-state index is 0.104. The molecule has 0 saturated heterocycles. The second-order valence-electron chi connectivity index (χ2n) is 9.44. The van der Waals surface area contributed by atoms with Crippen molar-refractivity contribution in [2.75, 3.05) is 0 Å². The van der Waals surface area contributed by atoms with Crippen LogP contribution in [0.15, 0.2) is 24.3 Å². The molecule has 0 spiro atoms. The standard InChI is InChI=1S/C22H32O2/c1-4-5-14-12-15-13-16(23)8-10-21(15,2)18-9-11-22(3)17(20(14)18)6-7-19(22)24/h4,12,14,17-20,24H,1,5-11,13H2,2-3H3/t14-,17?,18?,19?,20?,21?,22?/m1/s1. The number of carbonyl (C=O) groups excluding carboxylic acids is 1. The van der Waals surface area contributed by atoms with E-state index in [9.17, 15) is 9.90 Å². The number of Topliss-reactive ketones (excluding diaryl/α,β-unsaturated/α-hetero) is 1. The molecular formula is C22H32O2. The highest BCUT2D eigenvalue weighted by Crippen LogP contribution is 2.66. The molecule has 0 bridgehead atoms. The molecule has 1 N–H and O–H groups in total. The third kappa shape index (κ3) is 2.14. The Balaban J connectivity index is 1.77. The number of hydrogen-bond donors (Lipinski definition) is 1. The van der Waals surface area contributed by atoms with Crippen molar-refractivity contribution < 1.29 is 9.90 Å². The molecule has 6 unspecified atom stereocenters. The lowest BCUT2D eigenvalue weighted by atomic mass is 9.45. The van der Waals surface area contributed by atoms with E-state index in [-0.39, 0.29) is 16.9 Å². The summed E-state index contributed by atoms with van der Waals surface area (Å²) in [5.74, 6) is 2.89. The fraction of sp³-hybridized carbons (Fsp3) is 0.773. The molecule has 2 heteroatoms. The van der Waals surface area contributed by atoms with E-state index in [0.717, 1.165) is 32.1 Å². The number of carbonyl (C=O) groups is 1. The second kappa shape index (κ2) is 5.56. The highest BCUT2D eigenvalue weighted by Gasteiger charge is 2.60. The zero-order valence-electron chi connectivity index (χ0n) is 15.3. The van der Waals surface area contributed by atoms with Gasteiger partial charge in [0.1, 0.15) is 5.78 Å². The summed E-state index contributed by atoms with van der Waals surface area (Å²) in [6.45, 7) is 8.77. The lowest BCUT2D eigenvalue weighted by Gasteiger charge is -2.59. The first-order valence-corrected chi connectivity index (χ1v) is 9.92. The van der Waals surface area contributed by atoms with Gasteiger partial charge in [-0.05, 0) is 73.0 Å². The molecule has 0 radical (unpaired) electrons. The maximum Gasteiger partial charge on any atom is 0.136 e. The van der Waals surface area contributed by atoms with E-state index >= 15 is 0 Å². The van der Waals surface area contributed by atoms with Crippen LogP contribution in [-0.2, 0) is 4.79 Å². The van der Waals surface area contributed by atoms with Crippen LogP contribution in [0.1, 0.15) is 65.2 Å². The van der Waals surface area contributed by atoms with Crippen LogP contribution in [0.3, 0.4) is 0 Å². The number of allylic oxidation sites excluding steroid dienone is 3. The summed E-state index contributed by atoms with van der Waals surface area (Å²) < 4.78 is 0. The van der Waals surface area contributed by atoms with Crippen LogP contribution >= 0.6 is 0 Å². The summed E-state index contributed by atoms with van der Waals surface area (Å²) >= 11 is 0. The molecule has 0 aromatic rings. The van der Waals surface area contributed by atoms with Crippen molar-refractivity contribution in [2.45, 2.75) is 71.3 Å². The minimum Gasteiger partial charge on any atom is -0.393 e. The van der Waals surface area contributed by atoms with E-state index in [4.69, 9.17) is 0 Å². The van der Waals surface area contributed by atoms with Gasteiger partial charge in [-0.25, -0.2) is 0 Å². The van der Waals surface area contributed by atoms with Gasteiger partial charge in [-0.2, -0.15) is 0 Å². The molecule has 0 aromatic carbocycles.